The van der Waals surface area contributed by atoms with Crippen LogP contribution in [0.4, 0.5) is 0 Å². The van der Waals surface area contributed by atoms with E-state index in [9.17, 15) is 14.4 Å². The van der Waals surface area contributed by atoms with Gasteiger partial charge in [-0.25, -0.2) is 0 Å². The Labute approximate surface area is 652 Å². The Hall–Kier alpha value is -0.823. The van der Waals surface area contributed by atoms with Gasteiger partial charge in [0.05, 0.1) is 209 Å². The second-order valence-corrected chi connectivity index (χ2v) is 41.9. The highest BCUT2D eigenvalue weighted by Gasteiger charge is 2.47. The molecule has 0 spiro atoms. The summed E-state index contributed by atoms with van der Waals surface area (Å²) in [6, 6.07) is 0.377. The summed E-state index contributed by atoms with van der Waals surface area (Å²) in [4.78, 5) is 75.0. The molecule has 612 valence electrons. The van der Waals surface area contributed by atoms with Gasteiger partial charge in [0.1, 0.15) is 0 Å². The normalized spacial score (nSPS) is 39.4. The van der Waals surface area contributed by atoms with Crippen LogP contribution in [0.2, 0.25) is 6.04 Å². The first kappa shape index (κ1) is 80.0. The average molecular weight is 1520 g/mol. The molecule has 1 unspecified atom stereocenters. The minimum absolute atomic E-state index is 0.107. The van der Waals surface area contributed by atoms with Crippen LogP contribution in [0, 0.1) is 0 Å². The summed E-state index contributed by atoms with van der Waals surface area (Å²) in [5.74, 6) is 0. The zero-order valence-electron chi connectivity index (χ0n) is 68.9. The molecule has 24 saturated heterocycles. The molecule has 0 aromatic heterocycles. The highest BCUT2D eigenvalue weighted by molar-refractivity contribution is 6.56. The maximum absolute atomic E-state index is 10.8. The Kier molecular flexibility index (Phi) is 26.6. The summed E-state index contributed by atoms with van der Waals surface area (Å²) in [6.45, 7) is 98.6. The van der Waals surface area contributed by atoms with Crippen LogP contribution in [-0.2, 0) is 0 Å². The van der Waals surface area contributed by atoms with Gasteiger partial charge in [-0.05, 0) is 19.9 Å². The maximum Gasteiger partial charge on any atom is 0.492 e. The van der Waals surface area contributed by atoms with Crippen LogP contribution in [0.25, 0.3) is 0 Å². The van der Waals surface area contributed by atoms with Crippen molar-refractivity contribution in [1.82, 2.24) is 73.5 Å². The Bertz CT molecular complexity index is 2300. The molecular weight excluding hydrogens is 1360 g/mol. The van der Waals surface area contributed by atoms with Crippen LogP contribution in [0.15, 0.2) is 0 Å². The summed E-state index contributed by atoms with van der Waals surface area (Å²) in [5, 5.41) is 0. The van der Waals surface area contributed by atoms with Crippen molar-refractivity contribution in [2.45, 2.75) is 25.4 Å². The number of hydrogen-bond acceptors (Lipinski definition) is 18. The number of piperazine rings is 24. The first-order chi connectivity index (χ1) is 51.9. The van der Waals surface area contributed by atoms with Gasteiger partial charge in [-0.2, -0.15) is 0 Å². The van der Waals surface area contributed by atoms with Gasteiger partial charge in [-0.3, -0.25) is 73.5 Å². The molecule has 0 aromatic carbocycles. The van der Waals surface area contributed by atoms with Crippen molar-refractivity contribution in [2.24, 2.45) is 0 Å². The van der Waals surface area contributed by atoms with Gasteiger partial charge in [-0.1, -0.05) is 0 Å². The average Bonchev–Trinajstić information content (AvgIpc) is 0.827. The molecule has 27 heteroatoms. The van der Waals surface area contributed by atoms with Crippen LogP contribution < -0.4 is 0 Å². The van der Waals surface area contributed by atoms with Crippen molar-refractivity contribution < 1.29 is 50.3 Å². The van der Waals surface area contributed by atoms with E-state index in [2.05, 4.69) is 80.4 Å². The fraction of sp³-hybridized carbons (Fsp3) is 1.00. The van der Waals surface area contributed by atoms with Crippen LogP contribution in [0.5, 0.6) is 0 Å². The molecule has 107 heavy (non-hydrogen) atoms. The maximum atomic E-state index is 10.8. The molecule has 24 aliphatic rings. The Morgan fingerprint density at radius 3 is 0.561 bits per heavy atom. The quantitative estimate of drug-likeness (QED) is 0.0400. The molecule has 0 aliphatic carbocycles. The predicted octanol–water partition coefficient (Wildman–Crippen LogP) is -5.04. The summed E-state index contributed by atoms with van der Waals surface area (Å²) >= 11 is 0. The first-order valence-corrected chi connectivity index (χ1v) is 47.9. The monoisotopic (exact) mass is 1520 g/mol. The SMILES string of the molecule is CC(CN(CCN(CC[N+]12CCN(CC1)CC2)CC[N+]12CCN(CC1)CC2)CCN(CC[N+]12CCN(CC1)CC2)CC[N+]12CCN(CC1)CC2)N(CCC[Si](O)(O)O)CCN(CCN(CC[N+]12CCN(CC1)CC2)CC[N+]12CCN(CC1)CC2)CCN(CC[N+]12CCN(CC1)CC2)CC[N+]12CCN(CC1)CC2. The lowest BCUT2D eigenvalue weighted by atomic mass is 10.1. The lowest BCUT2D eigenvalue weighted by molar-refractivity contribution is -0.942. The van der Waals surface area contributed by atoms with E-state index in [1.807, 2.05) is 0 Å². The standard InChI is InChI=1S/C80H163N23O3Si/c1-80(79-94(10-8-84(18-50-100-66-34-90(35-67-100)36-68-100)19-51-101-69-37-91(38-70-101)39-71-101)11-9-85(20-52-102-72-40-92(41-73-102)42-74-102)21-53-103-75-43-93(44-76-103)45-77-103)95(3-2-78-107(104,105)106)13-12-81(4-6-82(14-46-96-54-22-86(23-55-96)24-56-96)15-47-97-57-25-87(26-58-97)27-59-97)5-7-83(16-48-98-60-28-88(29-61-98)30-62-98)17-49-99-63-31-89(32-64-99)33-65-99/h80,104-106H,2-79H2,1H3/q+8. The highest BCUT2D eigenvalue weighted by Crippen LogP contribution is 2.28. The van der Waals surface area contributed by atoms with Gasteiger partial charge in [0.2, 0.25) is 0 Å². The third-order valence-electron chi connectivity index (χ3n) is 34.2. The molecule has 0 amide bonds. The summed E-state index contributed by atoms with van der Waals surface area (Å²) in [6.07, 6.45) is 0.610. The second kappa shape index (κ2) is 35.6. The molecule has 16 bridgehead atoms. The zero-order valence-corrected chi connectivity index (χ0v) is 69.9. The largest absolute Gasteiger partial charge is 0.492 e. The third kappa shape index (κ3) is 21.0. The Morgan fingerprint density at radius 1 is 0.224 bits per heavy atom. The van der Waals surface area contributed by atoms with Gasteiger partial charge < -0.3 is 50.3 Å². The minimum Gasteiger partial charge on any atom is -0.390 e. The number of rotatable bonds is 46. The predicted molar refractivity (Wildman–Crippen MR) is 431 cm³/mol. The lowest BCUT2D eigenvalue weighted by Gasteiger charge is -2.52. The van der Waals surface area contributed by atoms with E-state index < -0.39 is 8.80 Å². The first-order valence-electron chi connectivity index (χ1n) is 45.8. The molecule has 24 fully saturated rings. The van der Waals surface area contributed by atoms with Crippen molar-refractivity contribution in [3.8, 4) is 0 Å². The van der Waals surface area contributed by atoms with Crippen LogP contribution in [0.3, 0.4) is 0 Å². The highest BCUT2D eigenvalue weighted by atomic mass is 28.4. The van der Waals surface area contributed by atoms with E-state index in [1.165, 1.54) is 455 Å². The number of fused-ring (bicyclic) bond motifs is 24. The van der Waals surface area contributed by atoms with E-state index in [0.717, 1.165) is 78.5 Å². The summed E-state index contributed by atoms with van der Waals surface area (Å²) in [5.41, 5.74) is 0. The Morgan fingerprint density at radius 2 is 0.383 bits per heavy atom. The number of hydrogen-bond donors (Lipinski definition) is 3. The molecule has 24 heterocycles. The van der Waals surface area contributed by atoms with Crippen molar-refractivity contribution in [3.05, 3.63) is 0 Å². The third-order valence-corrected chi connectivity index (χ3v) is 35.3. The summed E-state index contributed by atoms with van der Waals surface area (Å²) in [7, 11) is -4.25. The van der Waals surface area contributed by atoms with Crippen molar-refractivity contribution in [3.63, 3.8) is 0 Å². The molecular formula is C80H163N23O3Si+8. The van der Waals surface area contributed by atoms with Gasteiger partial charge in [0.25, 0.3) is 0 Å². The molecule has 0 aromatic rings. The molecule has 0 saturated carbocycles. The van der Waals surface area contributed by atoms with E-state index in [1.54, 1.807) is 0 Å². The van der Waals surface area contributed by atoms with Crippen LogP contribution >= 0.6 is 0 Å². The second-order valence-electron chi connectivity index (χ2n) is 39.9. The molecule has 3 N–H and O–H groups in total. The fourth-order valence-corrected chi connectivity index (χ4v) is 24.9. The lowest BCUT2D eigenvalue weighted by Crippen LogP contribution is -2.69. The fourth-order valence-electron chi connectivity index (χ4n) is 24.3. The molecule has 0 radical (unpaired) electrons. The van der Waals surface area contributed by atoms with Crippen molar-refractivity contribution >= 4 is 8.80 Å². The van der Waals surface area contributed by atoms with Gasteiger partial charge in [0, 0.05) is 294 Å². The van der Waals surface area contributed by atoms with Crippen LogP contribution in [0.1, 0.15) is 13.3 Å². The zero-order chi connectivity index (χ0) is 72.9. The van der Waals surface area contributed by atoms with Gasteiger partial charge in [0.15, 0.2) is 0 Å². The minimum atomic E-state index is -4.25. The topological polar surface area (TPSA) is 109 Å². The van der Waals surface area contributed by atoms with E-state index in [0.29, 0.717) is 6.42 Å². The van der Waals surface area contributed by atoms with E-state index >= 15 is 0 Å². The number of nitrogens with zero attached hydrogens (tertiary/aromatic N) is 23. The summed E-state index contributed by atoms with van der Waals surface area (Å²) < 4.78 is 10.7. The Balaban J connectivity index is 0.661. The van der Waals surface area contributed by atoms with Crippen molar-refractivity contribution in [2.75, 3.05) is 497 Å². The smallest absolute Gasteiger partial charge is 0.390 e. The van der Waals surface area contributed by atoms with Crippen molar-refractivity contribution in [1.29, 1.82) is 0 Å². The van der Waals surface area contributed by atoms with E-state index in [4.69, 9.17) is 0 Å². The number of quaternary nitrogens is 8. The molecule has 24 rings (SSSR count). The van der Waals surface area contributed by atoms with Gasteiger partial charge in [-0.15, -0.1) is 0 Å². The molecule has 24 aliphatic heterocycles. The molecule has 1 atom stereocenters. The molecule has 26 nitrogen and oxygen atoms in total. The van der Waals surface area contributed by atoms with Crippen LogP contribution in [-0.4, -0.2) is 636 Å². The van der Waals surface area contributed by atoms with Gasteiger partial charge >= 0.3 is 8.80 Å². The van der Waals surface area contributed by atoms with E-state index in [-0.39, 0.29) is 12.1 Å².